The van der Waals surface area contributed by atoms with Gasteiger partial charge in [0.2, 0.25) is 0 Å². The molecule has 1 aromatic rings. The first-order valence-corrected chi connectivity index (χ1v) is 6.44. The van der Waals surface area contributed by atoms with Gasteiger partial charge in [-0.25, -0.2) is 8.78 Å². The Hall–Kier alpha value is -0.520. The topological polar surface area (TPSA) is 38.0 Å². The van der Waals surface area contributed by atoms with Crippen molar-refractivity contribution in [3.63, 3.8) is 0 Å². The number of thiophene rings is 1. The van der Waals surface area contributed by atoms with Crippen LogP contribution in [0.4, 0.5) is 8.78 Å². The maximum Gasteiger partial charge on any atom is 0.264 e. The second-order valence-electron chi connectivity index (χ2n) is 4.19. The van der Waals surface area contributed by atoms with E-state index in [4.69, 9.17) is 5.73 Å². The smallest absolute Gasteiger partial charge is 0.264 e. The lowest BCUT2D eigenvalue weighted by Crippen LogP contribution is -2.42. The van der Waals surface area contributed by atoms with Gasteiger partial charge in [0.05, 0.1) is 0 Å². The molecule has 2 nitrogen and oxygen atoms in total. The van der Waals surface area contributed by atoms with Crippen LogP contribution in [0, 0.1) is 0 Å². The summed E-state index contributed by atoms with van der Waals surface area (Å²) in [7, 11) is 0. The van der Waals surface area contributed by atoms with E-state index in [1.165, 1.54) is 11.3 Å². The quantitative estimate of drug-likeness (QED) is 0.860. The SMILES string of the molecule is NCC1CC(c2cscc2C(F)F)CCN1. The molecule has 2 heterocycles. The van der Waals surface area contributed by atoms with Gasteiger partial charge in [0.15, 0.2) is 0 Å². The Kier molecular flexibility index (Phi) is 3.89. The van der Waals surface area contributed by atoms with Gasteiger partial charge in [0.25, 0.3) is 6.43 Å². The maximum atomic E-state index is 12.8. The molecule has 0 amide bonds. The number of hydrogen-bond acceptors (Lipinski definition) is 3. The van der Waals surface area contributed by atoms with Crippen LogP contribution in [0.2, 0.25) is 0 Å². The van der Waals surface area contributed by atoms with E-state index in [9.17, 15) is 8.78 Å². The third kappa shape index (κ3) is 2.42. The van der Waals surface area contributed by atoms with Crippen molar-refractivity contribution in [2.45, 2.75) is 31.2 Å². The zero-order valence-electron chi connectivity index (χ0n) is 8.96. The lowest BCUT2D eigenvalue weighted by atomic mass is 9.86. The Balaban J connectivity index is 2.13. The maximum absolute atomic E-state index is 12.8. The predicted molar refractivity (Wildman–Crippen MR) is 62.1 cm³/mol. The van der Waals surface area contributed by atoms with E-state index in [0.29, 0.717) is 6.54 Å². The van der Waals surface area contributed by atoms with Crippen LogP contribution in [-0.2, 0) is 0 Å². The molecular weight excluding hydrogens is 230 g/mol. The molecule has 0 aliphatic carbocycles. The zero-order chi connectivity index (χ0) is 11.5. The van der Waals surface area contributed by atoms with E-state index in [1.54, 1.807) is 5.38 Å². The van der Waals surface area contributed by atoms with Crippen LogP contribution in [0.5, 0.6) is 0 Å². The first kappa shape index (κ1) is 12.0. The second-order valence-corrected chi connectivity index (χ2v) is 4.93. The van der Waals surface area contributed by atoms with Crippen molar-refractivity contribution in [2.24, 2.45) is 5.73 Å². The summed E-state index contributed by atoms with van der Waals surface area (Å²) in [4.78, 5) is 0. The number of nitrogens with two attached hydrogens (primary N) is 1. The van der Waals surface area contributed by atoms with Gasteiger partial charge in [-0.3, -0.25) is 0 Å². The number of hydrogen-bond donors (Lipinski definition) is 2. The lowest BCUT2D eigenvalue weighted by molar-refractivity contribution is 0.149. The van der Waals surface area contributed by atoms with Crippen LogP contribution < -0.4 is 11.1 Å². The van der Waals surface area contributed by atoms with Crippen molar-refractivity contribution < 1.29 is 8.78 Å². The summed E-state index contributed by atoms with van der Waals surface area (Å²) in [6.07, 6.45) is -0.563. The highest BCUT2D eigenvalue weighted by Gasteiger charge is 2.26. The van der Waals surface area contributed by atoms with Crippen LogP contribution in [0.25, 0.3) is 0 Å². The standard InChI is InChI=1S/C11H16F2N2S/c12-11(13)10-6-16-5-9(10)7-1-2-15-8(3-7)4-14/h5-8,11,15H,1-4,14H2. The molecule has 2 rings (SSSR count). The fraction of sp³-hybridized carbons (Fsp3) is 0.636. The first-order valence-electron chi connectivity index (χ1n) is 5.50. The van der Waals surface area contributed by atoms with Gasteiger partial charge in [-0.2, -0.15) is 11.3 Å². The molecule has 2 unspecified atom stereocenters. The third-order valence-electron chi connectivity index (χ3n) is 3.18. The molecule has 0 radical (unpaired) electrons. The monoisotopic (exact) mass is 246 g/mol. The summed E-state index contributed by atoms with van der Waals surface area (Å²) < 4.78 is 25.5. The molecule has 16 heavy (non-hydrogen) atoms. The van der Waals surface area contributed by atoms with Crippen LogP contribution in [0.1, 0.15) is 36.3 Å². The van der Waals surface area contributed by atoms with Gasteiger partial charge in [0, 0.05) is 18.2 Å². The summed E-state index contributed by atoms with van der Waals surface area (Å²) >= 11 is 1.37. The Morgan fingerprint density at radius 2 is 2.31 bits per heavy atom. The van der Waals surface area contributed by atoms with Crippen LogP contribution in [-0.4, -0.2) is 19.1 Å². The Bertz CT molecular complexity index is 340. The Morgan fingerprint density at radius 3 is 3.00 bits per heavy atom. The summed E-state index contributed by atoms with van der Waals surface area (Å²) in [5.41, 5.74) is 6.66. The van der Waals surface area contributed by atoms with Crippen LogP contribution >= 0.6 is 11.3 Å². The molecule has 1 aromatic heterocycles. The summed E-state index contributed by atoms with van der Waals surface area (Å²) in [6, 6.07) is 0.268. The Labute approximate surface area is 97.8 Å². The van der Waals surface area contributed by atoms with Crippen molar-refractivity contribution in [1.82, 2.24) is 5.32 Å². The molecular formula is C11H16F2N2S. The number of rotatable bonds is 3. The third-order valence-corrected chi connectivity index (χ3v) is 3.96. The van der Waals surface area contributed by atoms with Crippen molar-refractivity contribution >= 4 is 11.3 Å². The van der Waals surface area contributed by atoms with E-state index in [0.717, 1.165) is 24.9 Å². The number of nitrogens with one attached hydrogen (secondary N) is 1. The molecule has 2 atom stereocenters. The predicted octanol–water partition coefficient (Wildman–Crippen LogP) is 2.48. The van der Waals surface area contributed by atoms with Gasteiger partial charge in [-0.1, -0.05) is 0 Å². The minimum absolute atomic E-state index is 0.215. The second kappa shape index (κ2) is 5.21. The molecule has 0 saturated carbocycles. The molecule has 5 heteroatoms. The van der Waals surface area contributed by atoms with Gasteiger partial charge >= 0.3 is 0 Å². The molecule has 1 aliphatic heterocycles. The van der Waals surface area contributed by atoms with Crippen molar-refractivity contribution in [3.05, 3.63) is 21.9 Å². The highest BCUT2D eigenvalue weighted by atomic mass is 32.1. The van der Waals surface area contributed by atoms with Crippen molar-refractivity contribution in [2.75, 3.05) is 13.1 Å². The summed E-state index contributed by atoms with van der Waals surface area (Å²) in [5.74, 6) is 0.241. The average molecular weight is 246 g/mol. The minimum atomic E-state index is -2.35. The molecule has 90 valence electrons. The normalized spacial score (nSPS) is 26.2. The zero-order valence-corrected chi connectivity index (χ0v) is 9.77. The fourth-order valence-electron chi connectivity index (χ4n) is 2.29. The van der Waals surface area contributed by atoms with Crippen LogP contribution in [0.3, 0.4) is 0 Å². The van der Waals surface area contributed by atoms with E-state index in [1.807, 2.05) is 5.38 Å². The van der Waals surface area contributed by atoms with Crippen molar-refractivity contribution in [3.8, 4) is 0 Å². The van der Waals surface area contributed by atoms with Gasteiger partial charge in [-0.05, 0) is 41.6 Å². The molecule has 0 spiro atoms. The number of piperidine rings is 1. The molecule has 0 bridgehead atoms. The van der Waals surface area contributed by atoms with E-state index in [2.05, 4.69) is 5.32 Å². The summed E-state index contributed by atoms with van der Waals surface area (Å²) in [5, 5.41) is 6.74. The van der Waals surface area contributed by atoms with E-state index in [-0.39, 0.29) is 17.5 Å². The molecule has 1 fully saturated rings. The molecule has 0 aromatic carbocycles. The Morgan fingerprint density at radius 1 is 1.50 bits per heavy atom. The lowest BCUT2D eigenvalue weighted by Gasteiger charge is -2.30. The average Bonchev–Trinajstić information content (AvgIpc) is 2.78. The van der Waals surface area contributed by atoms with E-state index < -0.39 is 6.43 Å². The largest absolute Gasteiger partial charge is 0.329 e. The number of halogens is 2. The van der Waals surface area contributed by atoms with Crippen LogP contribution in [0.15, 0.2) is 10.8 Å². The molecule has 1 saturated heterocycles. The molecule has 3 N–H and O–H groups in total. The highest BCUT2D eigenvalue weighted by molar-refractivity contribution is 7.08. The highest BCUT2D eigenvalue weighted by Crippen LogP contribution is 2.36. The molecule has 1 aliphatic rings. The van der Waals surface area contributed by atoms with Crippen molar-refractivity contribution in [1.29, 1.82) is 0 Å². The first-order chi connectivity index (χ1) is 7.72. The van der Waals surface area contributed by atoms with Gasteiger partial charge in [0.1, 0.15) is 0 Å². The van der Waals surface area contributed by atoms with E-state index >= 15 is 0 Å². The fourth-order valence-corrected chi connectivity index (χ4v) is 3.22. The van der Waals surface area contributed by atoms with Gasteiger partial charge < -0.3 is 11.1 Å². The number of alkyl halides is 2. The minimum Gasteiger partial charge on any atom is -0.329 e. The summed E-state index contributed by atoms with van der Waals surface area (Å²) in [6.45, 7) is 1.44. The van der Waals surface area contributed by atoms with Gasteiger partial charge in [-0.15, -0.1) is 0 Å².